The number of ether oxygens (including phenoxy) is 5. The second-order valence-corrected chi connectivity index (χ2v) is 24.7. The van der Waals surface area contributed by atoms with E-state index in [9.17, 15) is 48.3 Å². The first kappa shape index (κ1) is 73.1. The summed E-state index contributed by atoms with van der Waals surface area (Å²) in [6.45, 7) is 15.3. The zero-order chi connectivity index (χ0) is 66.5. The third-order valence-corrected chi connectivity index (χ3v) is 17.7. The number of unbranched alkanes of at least 4 members (excludes halogenated alkanes) is 2. The maximum absolute atomic E-state index is 15.1. The number of anilines is 1. The van der Waals surface area contributed by atoms with Crippen LogP contribution in [0.2, 0.25) is 5.02 Å². The van der Waals surface area contributed by atoms with Crippen LogP contribution in [0.3, 0.4) is 0 Å². The van der Waals surface area contributed by atoms with Crippen molar-refractivity contribution in [2.45, 2.75) is 173 Å². The van der Waals surface area contributed by atoms with E-state index in [0.29, 0.717) is 43.0 Å². The highest BCUT2D eigenvalue weighted by Crippen LogP contribution is 2.49. The number of halogens is 5. The number of alkyl carbamates (subject to hydrolysis) is 1. The van der Waals surface area contributed by atoms with Gasteiger partial charge in [-0.3, -0.25) is 29.3 Å². The Morgan fingerprint density at radius 1 is 1.06 bits per heavy atom. The number of epoxide rings is 1. The van der Waals surface area contributed by atoms with Gasteiger partial charge in [0.25, 0.3) is 5.91 Å². The van der Waals surface area contributed by atoms with Crippen LogP contribution in [0.15, 0.2) is 66.3 Å². The molecule has 2 fully saturated rings. The quantitative estimate of drug-likeness (QED) is 0.0156. The number of nitrogens with one attached hydrogen (secondary N) is 3. The summed E-state index contributed by atoms with van der Waals surface area (Å²) >= 11 is 9.97. The van der Waals surface area contributed by atoms with Crippen LogP contribution < -0.4 is 26.6 Å². The number of allylic oxidation sites excluding steroid dienone is 3. The van der Waals surface area contributed by atoms with Gasteiger partial charge in [0.05, 0.1) is 47.0 Å². The van der Waals surface area contributed by atoms with Gasteiger partial charge in [-0.15, -0.1) is 0 Å². The predicted molar refractivity (Wildman–Crippen MR) is 328 cm³/mol. The average Bonchev–Trinajstić information content (AvgIpc) is 1.82. The van der Waals surface area contributed by atoms with Gasteiger partial charge in [-0.05, 0) is 107 Å². The smallest absolute Gasteiger partial charge is 0.417 e. The zero-order valence-electron chi connectivity index (χ0n) is 51.9. The van der Waals surface area contributed by atoms with Gasteiger partial charge in [-0.25, -0.2) is 19.2 Å². The first-order chi connectivity index (χ1) is 41.6. The van der Waals surface area contributed by atoms with Crippen molar-refractivity contribution in [1.29, 1.82) is 0 Å². The SMILES string of the molecule is C=C(CBr)C(=O)OCCCCCC(=O)C[C@H](C(=O)N[C@@H](CCCNC(N)=O)C(=O)Cc1ccc(C(=O)N(C)[C@@H](C)C(=O)O[C@H]2CC(=O)N(C)c3cc(cc(C)c3Cl)C/C(C)=C/C=C/[C@@H](OC)[C@@]3(O)C[C@H](OC(=O)N3)[C@@H](C)[C@@H]3O[C@@]23C)c(C(F)(F)F)c1)C(C)C. The number of Topliss-reactive ketones (excluding diaryl/α,β-unsaturated/α-hetero) is 2. The van der Waals surface area contributed by atoms with E-state index in [0.717, 1.165) is 35.2 Å². The number of rotatable bonds is 25. The molecule has 0 aromatic heterocycles. The Labute approximate surface area is 530 Å². The summed E-state index contributed by atoms with van der Waals surface area (Å²) in [4.78, 5) is 123. The normalized spacial score (nSPS) is 24.0. The molecular formula is C63H83BrClF3N6O15. The second-order valence-electron chi connectivity index (χ2n) is 23.7. The number of methoxy groups -OCH3 is 1. The van der Waals surface area contributed by atoms with Crippen molar-refractivity contribution in [3.05, 3.63) is 99.1 Å². The average molecular weight is 1340 g/mol. The number of hydrogen-bond donors (Lipinski definition) is 5. The Morgan fingerprint density at radius 3 is 2.39 bits per heavy atom. The number of amides is 6. The lowest BCUT2D eigenvalue weighted by Crippen LogP contribution is -2.63. The number of aryl methyl sites for hydroxylation is 1. The molecule has 4 bridgehead atoms. The van der Waals surface area contributed by atoms with Gasteiger partial charge in [0.1, 0.15) is 35.7 Å². The third-order valence-electron chi connectivity index (χ3n) is 16.5. The molecule has 3 aliphatic rings. The standard InChI is InChI=1S/C63H83BrClF3N6O15/c1-34(2)44(30-42(75)18-13-12-14-24-86-57(80)37(5)33-64)55(78)71-46(19-16-23-70-59(69)82)48(76)29-40-21-22-43(45(27-40)63(66,67)68)56(79)73(9)39(7)58(81)88-51-31-52(77)74(10)47-28-41(26-36(4)53(47)65)25-35(3)17-15-20-50(85-11)62(84)32-49(87-60(83)72-62)38(6)54-61(51,8)89-54/h15,17,20-22,26-28,34,38-39,44,46,49-51,54,84H,5,12-14,16,18-19,23-25,29-33H2,1-4,6-11H3,(H,71,78)(H,72,83)(H3,69,70,82)/b20-15+,35-17+/t38-,39+,44+,46+,49+,50-,51+,54+,61+,62+/m1/s1. The molecule has 490 valence electrons. The van der Waals surface area contributed by atoms with Gasteiger partial charge in [-0.2, -0.15) is 13.2 Å². The molecule has 0 saturated carbocycles. The predicted octanol–water partition coefficient (Wildman–Crippen LogP) is 8.48. The topological polar surface area (TPSA) is 292 Å². The number of hydrogen-bond acceptors (Lipinski definition) is 15. The van der Waals surface area contributed by atoms with Crippen molar-refractivity contribution in [3.8, 4) is 0 Å². The highest BCUT2D eigenvalue weighted by molar-refractivity contribution is 9.09. The zero-order valence-corrected chi connectivity index (χ0v) is 54.3. The molecule has 0 spiro atoms. The summed E-state index contributed by atoms with van der Waals surface area (Å²) in [5, 5.41) is 20.0. The lowest BCUT2D eigenvalue weighted by Gasteiger charge is -2.42. The van der Waals surface area contributed by atoms with Crippen LogP contribution in [-0.4, -0.2) is 151 Å². The minimum Gasteiger partial charge on any atom is -0.462 e. The lowest BCUT2D eigenvalue weighted by molar-refractivity contribution is -0.158. The van der Waals surface area contributed by atoms with Crippen molar-refractivity contribution in [2.75, 3.05) is 44.6 Å². The Bertz CT molecular complexity index is 3050. The number of primary amides is 1. The highest BCUT2D eigenvalue weighted by atomic mass is 79.9. The van der Waals surface area contributed by atoms with E-state index in [-0.39, 0.29) is 78.4 Å². The van der Waals surface area contributed by atoms with E-state index in [2.05, 4.69) is 38.5 Å². The molecule has 21 nitrogen and oxygen atoms in total. The number of esters is 2. The second kappa shape index (κ2) is 31.9. The number of alkyl halides is 4. The highest BCUT2D eigenvalue weighted by Gasteiger charge is 2.64. The Morgan fingerprint density at radius 2 is 1.75 bits per heavy atom. The molecule has 5 rings (SSSR count). The van der Waals surface area contributed by atoms with Crippen LogP contribution in [0.5, 0.6) is 0 Å². The van der Waals surface area contributed by atoms with Gasteiger partial charge in [0.2, 0.25) is 11.8 Å². The molecular weight excluding hydrogens is 1250 g/mol. The lowest BCUT2D eigenvalue weighted by atomic mass is 9.83. The fourth-order valence-corrected chi connectivity index (χ4v) is 11.3. The van der Waals surface area contributed by atoms with E-state index in [4.69, 9.17) is 41.0 Å². The van der Waals surface area contributed by atoms with Gasteiger partial charge in [0.15, 0.2) is 11.5 Å². The Kier molecular flexibility index (Phi) is 26.2. The van der Waals surface area contributed by atoms with E-state index < -0.39 is 137 Å². The largest absolute Gasteiger partial charge is 0.462 e. The number of carbonyl (C=O) groups is 9. The van der Waals surface area contributed by atoms with Gasteiger partial charge in [-0.1, -0.05) is 90.8 Å². The fourth-order valence-electron chi connectivity index (χ4n) is 10.9. The van der Waals surface area contributed by atoms with E-state index >= 15 is 13.2 Å². The van der Waals surface area contributed by atoms with Crippen LogP contribution in [0.25, 0.3) is 0 Å². The summed E-state index contributed by atoms with van der Waals surface area (Å²) in [5.74, 6) is -7.13. The maximum atomic E-state index is 15.1. The molecule has 6 N–H and O–H groups in total. The molecule has 2 aromatic rings. The number of benzene rings is 2. The number of nitrogens with zero attached hydrogens (tertiary/aromatic N) is 2. The number of carbonyl (C=O) groups excluding carboxylic acids is 9. The molecule has 0 unspecified atom stereocenters. The van der Waals surface area contributed by atoms with Crippen molar-refractivity contribution < 1.29 is 85.1 Å². The van der Waals surface area contributed by atoms with Crippen molar-refractivity contribution in [3.63, 3.8) is 0 Å². The third kappa shape index (κ3) is 19.7. The summed E-state index contributed by atoms with van der Waals surface area (Å²) in [6, 6.07) is 2.48. The van der Waals surface area contributed by atoms with E-state index in [1.165, 1.54) is 26.0 Å². The van der Waals surface area contributed by atoms with Crippen LogP contribution in [0.4, 0.5) is 28.4 Å². The summed E-state index contributed by atoms with van der Waals surface area (Å²) < 4.78 is 74.2. The van der Waals surface area contributed by atoms with Gasteiger partial charge >= 0.3 is 30.2 Å². The van der Waals surface area contributed by atoms with Crippen LogP contribution in [0.1, 0.15) is 132 Å². The van der Waals surface area contributed by atoms with Crippen LogP contribution >= 0.6 is 27.5 Å². The monoisotopic (exact) mass is 1330 g/mol. The summed E-state index contributed by atoms with van der Waals surface area (Å²) in [6.07, 6.45) is -4.97. The Balaban J connectivity index is 1.37. The molecule has 26 heteroatoms. The summed E-state index contributed by atoms with van der Waals surface area (Å²) in [7, 11) is 3.95. The molecule has 2 saturated heterocycles. The van der Waals surface area contributed by atoms with Crippen LogP contribution in [-0.2, 0) is 71.5 Å². The molecule has 6 amide bonds. The maximum Gasteiger partial charge on any atom is 0.417 e. The number of nitrogens with two attached hydrogens (primary N) is 1. The number of ketones is 2. The number of aliphatic hydroxyl groups is 1. The van der Waals surface area contributed by atoms with E-state index in [1.54, 1.807) is 52.8 Å². The molecule has 3 aliphatic heterocycles. The van der Waals surface area contributed by atoms with Gasteiger partial charge < -0.3 is 55.0 Å². The molecule has 0 aliphatic carbocycles. The number of likely N-dealkylation sites (N-methyl/N-ethyl adjacent to an activating group) is 1. The molecule has 3 heterocycles. The van der Waals surface area contributed by atoms with E-state index in [1.807, 2.05) is 19.1 Å². The molecule has 0 radical (unpaired) electrons. The molecule has 89 heavy (non-hydrogen) atoms. The minimum atomic E-state index is -5.19. The van der Waals surface area contributed by atoms with Crippen molar-refractivity contribution >= 4 is 86.6 Å². The number of fused-ring (bicyclic) bond motifs is 5. The van der Waals surface area contributed by atoms with Crippen LogP contribution in [0, 0.1) is 24.7 Å². The molecule has 2 aromatic carbocycles. The Hall–Kier alpha value is -6.67. The first-order valence-corrected chi connectivity index (χ1v) is 30.9. The fraction of sp³-hybridized carbons (Fsp3) is 0.571. The van der Waals surface area contributed by atoms with Gasteiger partial charge in [0, 0.05) is 76.2 Å². The first-order valence-electron chi connectivity index (χ1n) is 29.4. The van der Waals surface area contributed by atoms with Crippen molar-refractivity contribution in [2.24, 2.45) is 23.5 Å². The summed E-state index contributed by atoms with van der Waals surface area (Å²) in [5.41, 5.74) is 2.16. The minimum absolute atomic E-state index is 0.0114. The number of urea groups is 1. The van der Waals surface area contributed by atoms with Crippen molar-refractivity contribution in [1.82, 2.24) is 20.9 Å². The molecule has 10 atom stereocenters.